The summed E-state index contributed by atoms with van der Waals surface area (Å²) in [6.07, 6.45) is 2.60. The van der Waals surface area contributed by atoms with Crippen LogP contribution in [-0.2, 0) is 9.53 Å². The highest BCUT2D eigenvalue weighted by Gasteiger charge is 2.25. The lowest BCUT2D eigenvalue weighted by Crippen LogP contribution is -2.46. The van der Waals surface area contributed by atoms with Crippen LogP contribution in [0.1, 0.15) is 33.6 Å². The Balaban J connectivity index is 2.43. The van der Waals surface area contributed by atoms with E-state index in [4.69, 9.17) is 4.74 Å². The van der Waals surface area contributed by atoms with Crippen molar-refractivity contribution in [3.05, 3.63) is 0 Å². The molecule has 0 radical (unpaired) electrons. The van der Waals surface area contributed by atoms with E-state index in [1.54, 1.807) is 6.92 Å². The molecule has 82 valence electrons. The van der Waals surface area contributed by atoms with Gasteiger partial charge in [0.2, 0.25) is 0 Å². The first-order valence-corrected chi connectivity index (χ1v) is 5.51. The second kappa shape index (κ2) is 5.47. The number of carbonyl (C=O) groups excluding carboxylic acids is 1. The molecule has 1 aliphatic heterocycles. The molecule has 1 rings (SSSR count). The molecule has 0 aromatic rings. The summed E-state index contributed by atoms with van der Waals surface area (Å²) in [4.78, 5) is 13.5. The van der Waals surface area contributed by atoms with Gasteiger partial charge in [-0.15, -0.1) is 0 Å². The van der Waals surface area contributed by atoms with Crippen LogP contribution in [0.2, 0.25) is 0 Å². The molecular weight excluding hydrogens is 178 g/mol. The lowest BCUT2D eigenvalue weighted by Gasteiger charge is -2.35. The molecule has 0 bridgehead atoms. The van der Waals surface area contributed by atoms with Gasteiger partial charge < -0.3 is 4.74 Å². The molecule has 0 aliphatic carbocycles. The Bertz CT molecular complexity index is 192. The second-order valence-corrected chi connectivity index (χ2v) is 4.00. The zero-order valence-electron chi connectivity index (χ0n) is 9.45. The van der Waals surface area contributed by atoms with Crippen LogP contribution in [0.25, 0.3) is 0 Å². The van der Waals surface area contributed by atoms with Crippen molar-refractivity contribution in [2.45, 2.75) is 45.8 Å². The fourth-order valence-electron chi connectivity index (χ4n) is 1.95. The van der Waals surface area contributed by atoms with Crippen molar-refractivity contribution in [3.8, 4) is 0 Å². The van der Waals surface area contributed by atoms with Gasteiger partial charge in [-0.05, 0) is 40.2 Å². The van der Waals surface area contributed by atoms with Gasteiger partial charge in [-0.3, -0.25) is 9.69 Å². The maximum atomic E-state index is 11.2. The first kappa shape index (κ1) is 11.7. The van der Waals surface area contributed by atoms with Crippen molar-refractivity contribution >= 4 is 5.78 Å². The number of likely N-dealkylation sites (tertiary alicyclic amines) is 1. The van der Waals surface area contributed by atoms with Gasteiger partial charge in [-0.2, -0.15) is 0 Å². The van der Waals surface area contributed by atoms with Crippen LogP contribution in [0.3, 0.4) is 0 Å². The summed E-state index contributed by atoms with van der Waals surface area (Å²) in [6, 6.07) is 0.0539. The number of piperidine rings is 1. The molecule has 0 N–H and O–H groups in total. The van der Waals surface area contributed by atoms with Crippen LogP contribution in [0.15, 0.2) is 0 Å². The molecule has 1 saturated heterocycles. The summed E-state index contributed by atoms with van der Waals surface area (Å²) in [7, 11) is 0. The van der Waals surface area contributed by atoms with E-state index < -0.39 is 0 Å². The van der Waals surface area contributed by atoms with Crippen molar-refractivity contribution in [2.24, 2.45) is 0 Å². The van der Waals surface area contributed by atoms with E-state index in [-0.39, 0.29) is 11.8 Å². The van der Waals surface area contributed by atoms with E-state index in [1.807, 2.05) is 13.8 Å². The molecule has 0 aromatic heterocycles. The molecule has 1 heterocycles. The Morgan fingerprint density at radius 2 is 2.36 bits per heavy atom. The summed E-state index contributed by atoms with van der Waals surface area (Å²) >= 11 is 0. The Labute approximate surface area is 86.4 Å². The number of carbonyl (C=O) groups is 1. The van der Waals surface area contributed by atoms with E-state index in [0.29, 0.717) is 6.10 Å². The fourth-order valence-corrected chi connectivity index (χ4v) is 1.95. The van der Waals surface area contributed by atoms with Crippen LogP contribution in [0, 0.1) is 0 Å². The smallest absolute Gasteiger partial charge is 0.146 e. The highest BCUT2D eigenvalue weighted by atomic mass is 16.5. The largest absolute Gasteiger partial charge is 0.377 e. The molecule has 3 nitrogen and oxygen atoms in total. The Kier molecular flexibility index (Phi) is 4.55. The van der Waals surface area contributed by atoms with Crippen LogP contribution >= 0.6 is 0 Å². The minimum atomic E-state index is 0.0539. The van der Waals surface area contributed by atoms with Gasteiger partial charge in [0.25, 0.3) is 0 Å². The zero-order chi connectivity index (χ0) is 10.6. The monoisotopic (exact) mass is 199 g/mol. The van der Waals surface area contributed by atoms with E-state index in [9.17, 15) is 4.79 Å². The second-order valence-electron chi connectivity index (χ2n) is 4.00. The van der Waals surface area contributed by atoms with Crippen molar-refractivity contribution in [2.75, 3.05) is 19.7 Å². The van der Waals surface area contributed by atoms with Gasteiger partial charge in [-0.25, -0.2) is 0 Å². The zero-order valence-corrected chi connectivity index (χ0v) is 9.45. The Morgan fingerprint density at radius 1 is 1.64 bits per heavy atom. The molecule has 1 aliphatic rings. The van der Waals surface area contributed by atoms with Crippen LogP contribution in [-0.4, -0.2) is 42.5 Å². The summed E-state index contributed by atoms with van der Waals surface area (Å²) in [5, 5.41) is 0. The summed E-state index contributed by atoms with van der Waals surface area (Å²) in [5.41, 5.74) is 0. The normalized spacial score (nSPS) is 26.1. The predicted octanol–water partition coefficient (Wildman–Crippen LogP) is 1.46. The van der Waals surface area contributed by atoms with Crippen LogP contribution < -0.4 is 0 Å². The maximum absolute atomic E-state index is 11.2. The molecule has 3 heteroatoms. The quantitative estimate of drug-likeness (QED) is 0.686. The SMILES string of the molecule is CCOC1CCCN(C(C)C(C)=O)C1. The summed E-state index contributed by atoms with van der Waals surface area (Å²) in [6.45, 7) is 8.38. The topological polar surface area (TPSA) is 29.5 Å². The standard InChI is InChI=1S/C11H21NO2/c1-4-14-11-6-5-7-12(8-11)9(2)10(3)13/h9,11H,4-8H2,1-3H3. The molecule has 2 unspecified atom stereocenters. The first-order chi connectivity index (χ1) is 6.65. The first-order valence-electron chi connectivity index (χ1n) is 5.51. The number of rotatable bonds is 4. The third-order valence-electron chi connectivity index (χ3n) is 2.95. The molecule has 0 spiro atoms. The van der Waals surface area contributed by atoms with Crippen molar-refractivity contribution in [1.29, 1.82) is 0 Å². The van der Waals surface area contributed by atoms with Gasteiger partial charge in [-0.1, -0.05) is 0 Å². The number of Topliss-reactive ketones (excluding diaryl/α,β-unsaturated/α-hetero) is 1. The van der Waals surface area contributed by atoms with E-state index in [2.05, 4.69) is 4.90 Å². The highest BCUT2D eigenvalue weighted by molar-refractivity contribution is 5.80. The minimum absolute atomic E-state index is 0.0539. The number of hydrogen-bond acceptors (Lipinski definition) is 3. The predicted molar refractivity (Wildman–Crippen MR) is 56.4 cm³/mol. The van der Waals surface area contributed by atoms with Gasteiger partial charge in [0.1, 0.15) is 5.78 Å². The lowest BCUT2D eigenvalue weighted by molar-refractivity contribution is -0.123. The van der Waals surface area contributed by atoms with E-state index in [0.717, 1.165) is 32.5 Å². The molecule has 0 saturated carbocycles. The van der Waals surface area contributed by atoms with E-state index in [1.165, 1.54) is 0 Å². The molecule has 1 fully saturated rings. The Hall–Kier alpha value is -0.410. The number of hydrogen-bond donors (Lipinski definition) is 0. The molecule has 0 aromatic carbocycles. The van der Waals surface area contributed by atoms with E-state index >= 15 is 0 Å². The third kappa shape index (κ3) is 3.07. The lowest BCUT2D eigenvalue weighted by atomic mass is 10.0. The third-order valence-corrected chi connectivity index (χ3v) is 2.95. The molecule has 0 amide bonds. The van der Waals surface area contributed by atoms with Gasteiger partial charge in [0, 0.05) is 13.2 Å². The number of nitrogens with zero attached hydrogens (tertiary/aromatic N) is 1. The van der Waals surface area contributed by atoms with Crippen molar-refractivity contribution in [3.63, 3.8) is 0 Å². The Morgan fingerprint density at radius 3 is 2.93 bits per heavy atom. The minimum Gasteiger partial charge on any atom is -0.377 e. The van der Waals surface area contributed by atoms with Gasteiger partial charge >= 0.3 is 0 Å². The summed E-state index contributed by atoms with van der Waals surface area (Å²) in [5.74, 6) is 0.252. The van der Waals surface area contributed by atoms with Crippen LogP contribution in [0.5, 0.6) is 0 Å². The van der Waals surface area contributed by atoms with Crippen molar-refractivity contribution in [1.82, 2.24) is 4.90 Å². The molecular formula is C11H21NO2. The van der Waals surface area contributed by atoms with Crippen LogP contribution in [0.4, 0.5) is 0 Å². The number of ketones is 1. The molecule has 2 atom stereocenters. The summed E-state index contributed by atoms with van der Waals surface area (Å²) < 4.78 is 5.59. The maximum Gasteiger partial charge on any atom is 0.146 e. The fraction of sp³-hybridized carbons (Fsp3) is 0.909. The average molecular weight is 199 g/mol. The van der Waals surface area contributed by atoms with Crippen molar-refractivity contribution < 1.29 is 9.53 Å². The average Bonchev–Trinajstić information content (AvgIpc) is 2.17. The number of ether oxygens (including phenoxy) is 1. The van der Waals surface area contributed by atoms with Gasteiger partial charge in [0.15, 0.2) is 0 Å². The van der Waals surface area contributed by atoms with Gasteiger partial charge in [0.05, 0.1) is 12.1 Å². The highest BCUT2D eigenvalue weighted by Crippen LogP contribution is 2.15. The molecule has 14 heavy (non-hydrogen) atoms.